The Morgan fingerprint density at radius 3 is 2.89 bits per heavy atom. The van der Waals surface area contributed by atoms with E-state index in [1.807, 2.05) is 4.90 Å². The van der Waals surface area contributed by atoms with E-state index in [0.29, 0.717) is 18.2 Å². The third kappa shape index (κ3) is 2.56. The molecule has 0 spiro atoms. The summed E-state index contributed by atoms with van der Waals surface area (Å²) in [5.41, 5.74) is 11.4. The molecule has 0 bridgehead atoms. The van der Waals surface area contributed by atoms with Gasteiger partial charge in [-0.1, -0.05) is 12.2 Å². The largest absolute Gasteiger partial charge is 0.388 e. The van der Waals surface area contributed by atoms with Gasteiger partial charge in [0.2, 0.25) is 11.9 Å². The molecule has 18 heavy (non-hydrogen) atoms. The van der Waals surface area contributed by atoms with Crippen LogP contribution in [0.2, 0.25) is 0 Å². The minimum Gasteiger partial charge on any atom is -0.388 e. The summed E-state index contributed by atoms with van der Waals surface area (Å²) >= 11 is 4.88. The Hall–Kier alpha value is -1.76. The van der Waals surface area contributed by atoms with Gasteiger partial charge in [-0.05, 0) is 25.3 Å². The molecular formula is C11H15N5OS. The lowest BCUT2D eigenvalue weighted by Gasteiger charge is -2.33. The van der Waals surface area contributed by atoms with E-state index < -0.39 is 0 Å². The van der Waals surface area contributed by atoms with Gasteiger partial charge in [-0.3, -0.25) is 4.79 Å². The average Bonchev–Trinajstić information content (AvgIpc) is 2.39. The number of hydrogen-bond donors (Lipinski definition) is 2. The van der Waals surface area contributed by atoms with Crippen LogP contribution in [0.4, 0.5) is 5.95 Å². The van der Waals surface area contributed by atoms with Crippen LogP contribution in [0.5, 0.6) is 0 Å². The SMILES string of the molecule is NC(=O)C1CCCCN1c1nccc(C(N)=S)n1. The first-order valence-electron chi connectivity index (χ1n) is 5.78. The van der Waals surface area contributed by atoms with Crippen LogP contribution in [0.15, 0.2) is 12.3 Å². The van der Waals surface area contributed by atoms with Gasteiger partial charge in [-0.15, -0.1) is 0 Å². The quantitative estimate of drug-likeness (QED) is 0.744. The molecule has 1 fully saturated rings. The Morgan fingerprint density at radius 1 is 1.44 bits per heavy atom. The van der Waals surface area contributed by atoms with Gasteiger partial charge in [-0.25, -0.2) is 9.97 Å². The van der Waals surface area contributed by atoms with Crippen molar-refractivity contribution in [1.29, 1.82) is 0 Å². The zero-order valence-corrected chi connectivity index (χ0v) is 10.7. The van der Waals surface area contributed by atoms with Crippen molar-refractivity contribution in [2.75, 3.05) is 11.4 Å². The van der Waals surface area contributed by atoms with Crippen LogP contribution in [0.3, 0.4) is 0 Å². The van der Waals surface area contributed by atoms with Crippen molar-refractivity contribution in [3.05, 3.63) is 18.0 Å². The second kappa shape index (κ2) is 5.26. The summed E-state index contributed by atoms with van der Waals surface area (Å²) < 4.78 is 0. The molecular weight excluding hydrogens is 250 g/mol. The molecule has 2 heterocycles. The molecule has 1 saturated heterocycles. The van der Waals surface area contributed by atoms with Crippen LogP contribution in [-0.4, -0.2) is 33.5 Å². The molecule has 0 saturated carbocycles. The standard InChI is InChI=1S/C11H15N5OS/c12-9(17)8-3-1-2-6-16(8)11-14-5-4-7(15-11)10(13)18/h4-5,8H,1-3,6H2,(H2,12,17)(H2,13,18). The van der Waals surface area contributed by atoms with Crippen molar-refractivity contribution < 1.29 is 4.79 Å². The average molecular weight is 265 g/mol. The van der Waals surface area contributed by atoms with Crippen molar-refractivity contribution in [3.63, 3.8) is 0 Å². The summed E-state index contributed by atoms with van der Waals surface area (Å²) in [6.45, 7) is 0.717. The van der Waals surface area contributed by atoms with E-state index in [4.69, 9.17) is 23.7 Å². The highest BCUT2D eigenvalue weighted by atomic mass is 32.1. The minimum atomic E-state index is -0.348. The van der Waals surface area contributed by atoms with Gasteiger partial charge < -0.3 is 16.4 Å². The Morgan fingerprint density at radius 2 is 2.22 bits per heavy atom. The molecule has 1 aromatic heterocycles. The van der Waals surface area contributed by atoms with Crippen LogP contribution in [0.1, 0.15) is 25.0 Å². The number of piperidine rings is 1. The molecule has 2 rings (SSSR count). The third-order valence-corrected chi connectivity index (χ3v) is 3.19. The van der Waals surface area contributed by atoms with Crippen LogP contribution < -0.4 is 16.4 Å². The summed E-state index contributed by atoms with van der Waals surface area (Å²) in [5, 5.41) is 0. The lowest BCUT2D eigenvalue weighted by molar-refractivity contribution is -0.119. The lowest BCUT2D eigenvalue weighted by Crippen LogP contribution is -2.48. The van der Waals surface area contributed by atoms with Crippen LogP contribution in [0.25, 0.3) is 0 Å². The topological polar surface area (TPSA) is 98.1 Å². The van der Waals surface area contributed by atoms with E-state index in [2.05, 4.69) is 9.97 Å². The zero-order chi connectivity index (χ0) is 13.1. The zero-order valence-electron chi connectivity index (χ0n) is 9.87. The van der Waals surface area contributed by atoms with Crippen LogP contribution in [-0.2, 0) is 4.79 Å². The molecule has 1 aliphatic rings. The molecule has 1 unspecified atom stereocenters. The highest BCUT2D eigenvalue weighted by Crippen LogP contribution is 2.21. The number of primary amides is 1. The van der Waals surface area contributed by atoms with E-state index in [9.17, 15) is 4.79 Å². The maximum Gasteiger partial charge on any atom is 0.240 e. The first-order chi connectivity index (χ1) is 8.59. The number of anilines is 1. The number of carbonyl (C=O) groups is 1. The van der Waals surface area contributed by atoms with Crippen molar-refractivity contribution in [3.8, 4) is 0 Å². The summed E-state index contributed by atoms with van der Waals surface area (Å²) in [4.78, 5) is 21.9. The van der Waals surface area contributed by atoms with Gasteiger partial charge in [0.05, 0.1) is 0 Å². The van der Waals surface area contributed by atoms with Crippen molar-refractivity contribution >= 4 is 29.1 Å². The van der Waals surface area contributed by atoms with Gasteiger partial charge in [0, 0.05) is 12.7 Å². The van der Waals surface area contributed by atoms with Gasteiger partial charge in [0.1, 0.15) is 16.7 Å². The number of amides is 1. The van der Waals surface area contributed by atoms with E-state index >= 15 is 0 Å². The summed E-state index contributed by atoms with van der Waals surface area (Å²) in [5.74, 6) is 0.114. The Balaban J connectivity index is 2.30. The van der Waals surface area contributed by atoms with Gasteiger partial charge in [0.15, 0.2) is 0 Å². The summed E-state index contributed by atoms with van der Waals surface area (Å²) in [6, 6.07) is 1.30. The third-order valence-electron chi connectivity index (χ3n) is 2.98. The molecule has 4 N–H and O–H groups in total. The van der Waals surface area contributed by atoms with Crippen molar-refractivity contribution in [1.82, 2.24) is 9.97 Å². The number of nitrogens with zero attached hydrogens (tertiary/aromatic N) is 3. The van der Waals surface area contributed by atoms with E-state index in [1.54, 1.807) is 12.3 Å². The smallest absolute Gasteiger partial charge is 0.240 e. The number of aromatic nitrogens is 2. The highest BCUT2D eigenvalue weighted by molar-refractivity contribution is 7.80. The molecule has 1 atom stereocenters. The fraction of sp³-hybridized carbons (Fsp3) is 0.455. The lowest BCUT2D eigenvalue weighted by atomic mass is 10.0. The van der Waals surface area contributed by atoms with Gasteiger partial charge >= 0.3 is 0 Å². The maximum absolute atomic E-state index is 11.4. The van der Waals surface area contributed by atoms with E-state index in [0.717, 1.165) is 19.3 Å². The molecule has 7 heteroatoms. The molecule has 0 aromatic carbocycles. The van der Waals surface area contributed by atoms with Crippen molar-refractivity contribution in [2.24, 2.45) is 11.5 Å². The predicted molar refractivity (Wildman–Crippen MR) is 72.1 cm³/mol. The molecule has 1 aromatic rings. The monoisotopic (exact) mass is 265 g/mol. The number of carbonyl (C=O) groups excluding carboxylic acids is 1. The second-order valence-corrected chi connectivity index (χ2v) is 4.65. The van der Waals surface area contributed by atoms with Crippen molar-refractivity contribution in [2.45, 2.75) is 25.3 Å². The fourth-order valence-corrected chi connectivity index (χ4v) is 2.20. The van der Waals surface area contributed by atoms with Crippen LogP contribution >= 0.6 is 12.2 Å². The number of rotatable bonds is 3. The normalized spacial score (nSPS) is 19.6. The van der Waals surface area contributed by atoms with E-state index in [-0.39, 0.29) is 16.9 Å². The summed E-state index contributed by atoms with van der Waals surface area (Å²) in [6.07, 6.45) is 4.29. The Kier molecular flexibility index (Phi) is 3.71. The second-order valence-electron chi connectivity index (χ2n) is 4.21. The molecule has 1 amide bonds. The van der Waals surface area contributed by atoms with Crippen LogP contribution in [0, 0.1) is 0 Å². The molecule has 6 nitrogen and oxygen atoms in total. The number of nitrogens with two attached hydrogens (primary N) is 2. The number of thiocarbonyl (C=S) groups is 1. The Bertz CT molecular complexity index is 478. The first-order valence-corrected chi connectivity index (χ1v) is 6.19. The first kappa shape index (κ1) is 12.7. The maximum atomic E-state index is 11.4. The molecule has 0 aliphatic carbocycles. The molecule has 1 aliphatic heterocycles. The Labute approximate surface area is 110 Å². The van der Waals surface area contributed by atoms with E-state index in [1.165, 1.54) is 0 Å². The predicted octanol–water partition coefficient (Wildman–Crippen LogP) is -0.0450. The minimum absolute atomic E-state index is 0.214. The fourth-order valence-electron chi connectivity index (χ4n) is 2.09. The summed E-state index contributed by atoms with van der Waals surface area (Å²) in [7, 11) is 0. The molecule has 0 radical (unpaired) electrons. The van der Waals surface area contributed by atoms with Gasteiger partial charge in [0.25, 0.3) is 0 Å². The highest BCUT2D eigenvalue weighted by Gasteiger charge is 2.28. The van der Waals surface area contributed by atoms with Gasteiger partial charge in [-0.2, -0.15) is 0 Å². The number of hydrogen-bond acceptors (Lipinski definition) is 5. The molecule has 96 valence electrons.